The minimum atomic E-state index is -4.22. The molecule has 0 spiro atoms. The van der Waals surface area contributed by atoms with Gasteiger partial charge in [-0.15, -0.1) is 0 Å². The molecule has 25 heavy (non-hydrogen) atoms. The lowest BCUT2D eigenvalue weighted by atomic mass is 10.3. The van der Waals surface area contributed by atoms with Crippen LogP contribution in [-0.2, 0) is 20.2 Å². The predicted molar refractivity (Wildman–Crippen MR) is 88.1 cm³/mol. The second kappa shape index (κ2) is 7.83. The summed E-state index contributed by atoms with van der Waals surface area (Å²) in [5.74, 6) is 0.898. The van der Waals surface area contributed by atoms with E-state index in [-0.39, 0.29) is 9.79 Å². The van der Waals surface area contributed by atoms with Gasteiger partial charge in [0.15, 0.2) is 0 Å². The van der Waals surface area contributed by atoms with E-state index in [1.54, 1.807) is 0 Å². The molecule has 0 atom stereocenters. The van der Waals surface area contributed by atoms with E-state index < -0.39 is 20.2 Å². The summed E-state index contributed by atoms with van der Waals surface area (Å²) < 4.78 is 72.2. The molecular weight excluding hydrogens is 372 g/mol. The Morgan fingerprint density at radius 3 is 1.24 bits per heavy atom. The van der Waals surface area contributed by atoms with Crippen molar-refractivity contribution in [3.63, 3.8) is 0 Å². The molecule has 0 bridgehead atoms. The first-order valence-electron chi connectivity index (χ1n) is 7.07. The zero-order valence-electron chi connectivity index (χ0n) is 12.9. The van der Waals surface area contributed by atoms with Gasteiger partial charge in [0.05, 0.1) is 23.0 Å². The highest BCUT2D eigenvalue weighted by Gasteiger charge is 2.09. The van der Waals surface area contributed by atoms with Crippen LogP contribution in [0.4, 0.5) is 0 Å². The molecular formula is C15H16O8S2. The molecule has 2 N–H and O–H groups in total. The van der Waals surface area contributed by atoms with Crippen molar-refractivity contribution in [1.82, 2.24) is 0 Å². The first-order chi connectivity index (χ1) is 11.7. The van der Waals surface area contributed by atoms with Crippen molar-refractivity contribution in [2.24, 2.45) is 0 Å². The summed E-state index contributed by atoms with van der Waals surface area (Å²) in [6, 6.07) is 10.7. The van der Waals surface area contributed by atoms with Crippen LogP contribution in [0.2, 0.25) is 0 Å². The van der Waals surface area contributed by atoms with Crippen LogP contribution >= 0.6 is 0 Å². The smallest absolute Gasteiger partial charge is 0.294 e. The summed E-state index contributed by atoms with van der Waals surface area (Å²) in [5, 5.41) is 0. The molecule has 10 heteroatoms. The number of ether oxygens (including phenoxy) is 2. The highest BCUT2D eigenvalue weighted by atomic mass is 32.2. The van der Waals surface area contributed by atoms with E-state index in [0.29, 0.717) is 31.1 Å². The fourth-order valence-corrected chi connectivity index (χ4v) is 2.81. The van der Waals surface area contributed by atoms with Gasteiger partial charge < -0.3 is 9.47 Å². The van der Waals surface area contributed by atoms with Gasteiger partial charge in [-0.25, -0.2) is 0 Å². The van der Waals surface area contributed by atoms with E-state index >= 15 is 0 Å². The zero-order chi connectivity index (χ0) is 18.5. The molecule has 0 aliphatic carbocycles. The molecule has 0 aliphatic heterocycles. The fourth-order valence-electron chi connectivity index (χ4n) is 1.85. The normalized spacial score (nSPS) is 11.9. The van der Waals surface area contributed by atoms with Crippen molar-refractivity contribution in [1.29, 1.82) is 0 Å². The second-order valence-electron chi connectivity index (χ2n) is 4.94. The van der Waals surface area contributed by atoms with Crippen molar-refractivity contribution in [2.45, 2.75) is 16.2 Å². The maximum Gasteiger partial charge on any atom is 0.294 e. The Balaban J connectivity index is 1.75. The highest BCUT2D eigenvalue weighted by molar-refractivity contribution is 7.86. The predicted octanol–water partition coefficient (Wildman–Crippen LogP) is 2.03. The first kappa shape index (κ1) is 19.2. The minimum Gasteiger partial charge on any atom is -0.493 e. The summed E-state index contributed by atoms with van der Waals surface area (Å²) in [7, 11) is -8.44. The molecule has 136 valence electrons. The Hall–Kier alpha value is -2.14. The SMILES string of the molecule is O=S(=O)(O)c1ccc(OCCCOc2ccc(S(=O)(=O)O)cc2)cc1. The third-order valence-corrected chi connectivity index (χ3v) is 4.81. The standard InChI is InChI=1S/C15H16O8S2/c16-24(17,18)14-6-2-12(3-7-14)22-10-1-11-23-13-4-8-15(9-5-13)25(19,20)21/h2-9H,1,10-11H2,(H,16,17,18)(H,19,20,21). The summed E-state index contributed by atoms with van der Waals surface area (Å²) in [4.78, 5) is -0.423. The lowest BCUT2D eigenvalue weighted by Gasteiger charge is -2.08. The molecule has 2 aromatic carbocycles. The summed E-state index contributed by atoms with van der Waals surface area (Å²) in [6.07, 6.45) is 0.528. The van der Waals surface area contributed by atoms with Crippen molar-refractivity contribution in [2.75, 3.05) is 13.2 Å². The molecule has 0 radical (unpaired) electrons. The van der Waals surface area contributed by atoms with Gasteiger partial charge in [-0.1, -0.05) is 0 Å². The molecule has 0 saturated carbocycles. The van der Waals surface area contributed by atoms with Crippen LogP contribution in [0.5, 0.6) is 11.5 Å². The van der Waals surface area contributed by atoms with Crippen molar-refractivity contribution < 1.29 is 35.4 Å². The second-order valence-corrected chi connectivity index (χ2v) is 7.79. The summed E-state index contributed by atoms with van der Waals surface area (Å²) >= 11 is 0. The van der Waals surface area contributed by atoms with Crippen LogP contribution in [0.25, 0.3) is 0 Å². The molecule has 0 unspecified atom stereocenters. The lowest BCUT2D eigenvalue weighted by Crippen LogP contribution is -2.05. The van der Waals surface area contributed by atoms with Gasteiger partial charge >= 0.3 is 0 Å². The van der Waals surface area contributed by atoms with E-state index in [1.807, 2.05) is 0 Å². The molecule has 0 heterocycles. The number of hydrogen-bond acceptors (Lipinski definition) is 6. The molecule has 2 rings (SSSR count). The number of hydrogen-bond donors (Lipinski definition) is 2. The van der Waals surface area contributed by atoms with E-state index in [4.69, 9.17) is 18.6 Å². The average Bonchev–Trinajstić information content (AvgIpc) is 2.54. The molecule has 0 amide bonds. The Kier molecular flexibility index (Phi) is 6.01. The Labute approximate surface area is 145 Å². The van der Waals surface area contributed by atoms with Gasteiger partial charge in [-0.2, -0.15) is 16.8 Å². The van der Waals surface area contributed by atoms with Gasteiger partial charge in [0.1, 0.15) is 11.5 Å². The van der Waals surface area contributed by atoms with E-state index in [9.17, 15) is 16.8 Å². The van der Waals surface area contributed by atoms with Gasteiger partial charge in [0.2, 0.25) is 0 Å². The molecule has 0 fully saturated rings. The van der Waals surface area contributed by atoms with Gasteiger partial charge in [0.25, 0.3) is 20.2 Å². The maximum atomic E-state index is 10.9. The van der Waals surface area contributed by atoms with Crippen LogP contribution < -0.4 is 9.47 Å². The zero-order valence-corrected chi connectivity index (χ0v) is 14.5. The minimum absolute atomic E-state index is 0.212. The fraction of sp³-hybridized carbons (Fsp3) is 0.200. The molecule has 0 aromatic heterocycles. The topological polar surface area (TPSA) is 127 Å². The van der Waals surface area contributed by atoms with Crippen molar-refractivity contribution in [3.05, 3.63) is 48.5 Å². The van der Waals surface area contributed by atoms with E-state index in [0.717, 1.165) is 0 Å². The van der Waals surface area contributed by atoms with Crippen LogP contribution in [-0.4, -0.2) is 39.2 Å². The highest BCUT2D eigenvalue weighted by Crippen LogP contribution is 2.17. The quantitative estimate of drug-likeness (QED) is 0.519. The molecule has 0 aliphatic rings. The molecule has 2 aromatic rings. The van der Waals surface area contributed by atoms with Gasteiger partial charge in [-0.05, 0) is 48.5 Å². The largest absolute Gasteiger partial charge is 0.493 e. The maximum absolute atomic E-state index is 10.9. The molecule has 0 saturated heterocycles. The first-order valence-corrected chi connectivity index (χ1v) is 9.95. The van der Waals surface area contributed by atoms with Crippen LogP contribution in [0.15, 0.2) is 58.3 Å². The van der Waals surface area contributed by atoms with Crippen molar-refractivity contribution >= 4 is 20.2 Å². The Bertz CT molecular complexity index is 824. The van der Waals surface area contributed by atoms with Crippen LogP contribution in [0.1, 0.15) is 6.42 Å². The third kappa shape index (κ3) is 6.02. The number of benzene rings is 2. The summed E-state index contributed by atoms with van der Waals surface area (Å²) in [5.41, 5.74) is 0. The van der Waals surface area contributed by atoms with Gasteiger partial charge in [0, 0.05) is 6.42 Å². The third-order valence-electron chi connectivity index (χ3n) is 3.07. The Morgan fingerprint density at radius 2 is 0.960 bits per heavy atom. The monoisotopic (exact) mass is 388 g/mol. The van der Waals surface area contributed by atoms with Gasteiger partial charge in [-0.3, -0.25) is 9.11 Å². The Morgan fingerprint density at radius 1 is 0.640 bits per heavy atom. The van der Waals surface area contributed by atoms with E-state index in [2.05, 4.69) is 0 Å². The van der Waals surface area contributed by atoms with Crippen LogP contribution in [0.3, 0.4) is 0 Å². The number of rotatable bonds is 8. The average molecular weight is 388 g/mol. The van der Waals surface area contributed by atoms with E-state index in [1.165, 1.54) is 48.5 Å². The lowest BCUT2D eigenvalue weighted by molar-refractivity contribution is 0.247. The van der Waals surface area contributed by atoms with Crippen LogP contribution in [0, 0.1) is 0 Å². The molecule has 8 nitrogen and oxygen atoms in total. The van der Waals surface area contributed by atoms with Crippen molar-refractivity contribution in [3.8, 4) is 11.5 Å². The summed E-state index contributed by atoms with van der Waals surface area (Å²) in [6.45, 7) is 0.628.